The maximum atomic E-state index is 15.0. The van der Waals surface area contributed by atoms with Gasteiger partial charge in [0.15, 0.2) is 11.5 Å². The Morgan fingerprint density at radius 1 is 1.29 bits per heavy atom. The molecule has 0 amide bonds. The monoisotopic (exact) mass is 465 g/mol. The Kier molecular flexibility index (Phi) is 7.27. The molecule has 170 valence electrons. The molecule has 2 aromatic rings. The van der Waals surface area contributed by atoms with E-state index in [2.05, 4.69) is 15.0 Å². The predicted octanol–water partition coefficient (Wildman–Crippen LogP) is -0.695. The lowest BCUT2D eigenvalue weighted by molar-refractivity contribution is -0.196. The summed E-state index contributed by atoms with van der Waals surface area (Å²) in [7, 11) is 1.01. The van der Waals surface area contributed by atoms with Crippen molar-refractivity contribution in [2.24, 2.45) is 0 Å². The molecule has 2 rings (SSSR count). The molecule has 0 unspecified atom stereocenters. The summed E-state index contributed by atoms with van der Waals surface area (Å²) in [4.78, 5) is 45.0. The van der Waals surface area contributed by atoms with E-state index in [4.69, 9.17) is 31.9 Å². The van der Waals surface area contributed by atoms with Gasteiger partial charge in [0.2, 0.25) is 11.6 Å². The second-order valence-corrected chi connectivity index (χ2v) is 6.50. The Morgan fingerprint density at radius 2 is 1.90 bits per heavy atom. The minimum Gasteiger partial charge on any atom is -0.481 e. The van der Waals surface area contributed by atoms with Crippen LogP contribution in [0.15, 0.2) is 6.33 Å². The summed E-state index contributed by atoms with van der Waals surface area (Å²) in [5, 5.41) is 37.3. The van der Waals surface area contributed by atoms with Gasteiger partial charge in [0.1, 0.15) is 17.7 Å². The summed E-state index contributed by atoms with van der Waals surface area (Å²) in [6, 6.07) is 0. The van der Waals surface area contributed by atoms with Crippen LogP contribution in [0.4, 0.5) is 10.2 Å². The number of fused-ring (bicyclic) bond motifs is 1. The van der Waals surface area contributed by atoms with Gasteiger partial charge >= 0.3 is 17.9 Å². The van der Waals surface area contributed by atoms with Crippen LogP contribution in [0.2, 0.25) is 5.28 Å². The Morgan fingerprint density at radius 3 is 2.42 bits per heavy atom. The van der Waals surface area contributed by atoms with Crippen LogP contribution < -0.4 is 5.73 Å². The molecule has 31 heavy (non-hydrogen) atoms. The number of hydrogen-bond donors (Lipinski definition) is 5. The first-order valence-electron chi connectivity index (χ1n) is 8.27. The molecular weight excluding hydrogens is 449 g/mol. The van der Waals surface area contributed by atoms with Gasteiger partial charge in [-0.05, 0) is 11.6 Å². The van der Waals surface area contributed by atoms with Crippen LogP contribution in [-0.2, 0) is 23.9 Å². The smallest absolute Gasteiger partial charge is 0.348 e. The average molecular weight is 466 g/mol. The van der Waals surface area contributed by atoms with Gasteiger partial charge in [-0.3, -0.25) is 9.36 Å². The molecule has 2 heterocycles. The van der Waals surface area contributed by atoms with Gasteiger partial charge in [0, 0.05) is 7.11 Å². The van der Waals surface area contributed by atoms with Crippen molar-refractivity contribution in [1.29, 1.82) is 0 Å². The number of aliphatic carboxylic acids is 3. The number of alkyl halides is 1. The number of nitrogen functional groups attached to an aromatic ring is 1. The molecule has 0 aliphatic carbocycles. The van der Waals surface area contributed by atoms with Gasteiger partial charge in [0.05, 0.1) is 19.4 Å². The van der Waals surface area contributed by atoms with Crippen molar-refractivity contribution in [3.8, 4) is 0 Å². The quantitative estimate of drug-likeness (QED) is 0.205. The number of aliphatic hydroxyl groups excluding tert-OH is 1. The molecule has 0 aliphatic heterocycles. The van der Waals surface area contributed by atoms with Crippen molar-refractivity contribution in [3.05, 3.63) is 11.6 Å². The molecular formula is C15H17ClFN5O9. The summed E-state index contributed by atoms with van der Waals surface area (Å²) in [5.41, 5.74) is 2.25. The van der Waals surface area contributed by atoms with Crippen LogP contribution in [0.25, 0.3) is 11.2 Å². The molecule has 2 aromatic heterocycles. The number of anilines is 1. The van der Waals surface area contributed by atoms with Crippen molar-refractivity contribution in [1.82, 2.24) is 19.5 Å². The zero-order chi connectivity index (χ0) is 23.5. The first-order valence-corrected chi connectivity index (χ1v) is 8.65. The maximum absolute atomic E-state index is 15.0. The first kappa shape index (κ1) is 24.1. The zero-order valence-corrected chi connectivity index (χ0v) is 16.4. The van der Waals surface area contributed by atoms with Crippen LogP contribution in [-0.4, -0.2) is 89.4 Å². The summed E-state index contributed by atoms with van der Waals surface area (Å²) in [6.07, 6.45) is -6.51. The summed E-state index contributed by atoms with van der Waals surface area (Å²) in [5.74, 6) is -6.14. The fourth-order valence-electron chi connectivity index (χ4n) is 2.59. The minimum atomic E-state index is -3.19. The van der Waals surface area contributed by atoms with E-state index in [1.807, 2.05) is 0 Å². The van der Waals surface area contributed by atoms with Gasteiger partial charge in [-0.25, -0.2) is 19.0 Å². The molecule has 3 atom stereocenters. The van der Waals surface area contributed by atoms with Crippen LogP contribution in [0.1, 0.15) is 12.7 Å². The molecule has 0 radical (unpaired) electrons. The van der Waals surface area contributed by atoms with Crippen LogP contribution in [0.5, 0.6) is 0 Å². The Balaban J connectivity index is 2.28. The fourth-order valence-corrected chi connectivity index (χ4v) is 2.76. The highest BCUT2D eigenvalue weighted by molar-refractivity contribution is 6.28. The lowest BCUT2D eigenvalue weighted by Crippen LogP contribution is -2.53. The topological polar surface area (TPSA) is 220 Å². The summed E-state index contributed by atoms with van der Waals surface area (Å²) < 4.78 is 25.4. The Labute approximate surface area is 177 Å². The standard InChI is InChI=1S/C15H17ClFN5O9/c1-30-5(3-31-15(12(26)27,13(28)29)2-6(23)24)8(25)9(17)22-4-19-7-10(18)20-14(16)21-11(7)22/h4-5,8-9,25H,2-3H2,1H3,(H,23,24)(H,26,27)(H,28,29)(H2,18,20,21)/t5-,8-,9-/m1/s1. The number of halogens is 2. The first-order chi connectivity index (χ1) is 14.4. The van der Waals surface area contributed by atoms with Gasteiger partial charge in [-0.2, -0.15) is 9.97 Å². The van der Waals surface area contributed by atoms with Crippen molar-refractivity contribution in [3.63, 3.8) is 0 Å². The molecule has 0 saturated heterocycles. The zero-order valence-electron chi connectivity index (χ0n) is 15.7. The Hall–Kier alpha value is -3.14. The second kappa shape index (κ2) is 9.34. The third kappa shape index (κ3) is 4.79. The molecule has 6 N–H and O–H groups in total. The molecule has 0 aliphatic rings. The van der Waals surface area contributed by atoms with Crippen molar-refractivity contribution >= 4 is 46.5 Å². The number of hydrogen-bond acceptors (Lipinski definition) is 10. The van der Waals surface area contributed by atoms with E-state index in [0.717, 1.165) is 18.0 Å². The summed E-state index contributed by atoms with van der Waals surface area (Å²) in [6.45, 7) is -0.992. The van der Waals surface area contributed by atoms with Crippen LogP contribution in [0.3, 0.4) is 0 Å². The van der Waals surface area contributed by atoms with Crippen LogP contribution in [0, 0.1) is 0 Å². The number of methoxy groups -OCH3 is 1. The number of ether oxygens (including phenoxy) is 2. The highest BCUT2D eigenvalue weighted by Gasteiger charge is 2.51. The second-order valence-electron chi connectivity index (χ2n) is 6.16. The van der Waals surface area contributed by atoms with Crippen LogP contribution >= 0.6 is 11.6 Å². The van der Waals surface area contributed by atoms with Gasteiger partial charge < -0.3 is 35.6 Å². The minimum absolute atomic E-state index is 0.0123. The largest absolute Gasteiger partial charge is 0.481 e. The molecule has 16 heteroatoms. The molecule has 0 aromatic carbocycles. The number of carboxylic acids is 3. The number of aromatic nitrogens is 4. The van der Waals surface area contributed by atoms with E-state index in [1.54, 1.807) is 0 Å². The third-order valence-corrected chi connectivity index (χ3v) is 4.41. The summed E-state index contributed by atoms with van der Waals surface area (Å²) >= 11 is 5.70. The molecule has 14 nitrogen and oxygen atoms in total. The van der Waals surface area contributed by atoms with E-state index in [9.17, 15) is 29.7 Å². The third-order valence-electron chi connectivity index (χ3n) is 4.24. The number of nitrogens with two attached hydrogens (primary N) is 1. The van der Waals surface area contributed by atoms with Gasteiger partial charge in [-0.1, -0.05) is 0 Å². The number of carboxylic acid groups (broad SMARTS) is 3. The van der Waals surface area contributed by atoms with Crippen molar-refractivity contribution in [2.45, 2.75) is 30.5 Å². The average Bonchev–Trinajstić information content (AvgIpc) is 3.09. The lowest BCUT2D eigenvalue weighted by atomic mass is 9.99. The van der Waals surface area contributed by atoms with Gasteiger partial charge in [0.25, 0.3) is 5.60 Å². The molecule has 0 fully saturated rings. The van der Waals surface area contributed by atoms with Crippen molar-refractivity contribution < 1.29 is 48.7 Å². The van der Waals surface area contributed by atoms with E-state index in [1.165, 1.54) is 0 Å². The van der Waals surface area contributed by atoms with E-state index in [0.29, 0.717) is 0 Å². The number of aliphatic hydroxyl groups is 1. The number of nitrogens with zero attached hydrogens (tertiary/aromatic N) is 4. The fraction of sp³-hybridized carbons (Fsp3) is 0.467. The molecule has 0 spiro atoms. The number of rotatable bonds is 11. The highest BCUT2D eigenvalue weighted by Crippen LogP contribution is 2.27. The molecule has 0 bridgehead atoms. The SMILES string of the molecule is CO[C@H](COC(CC(=O)O)(C(=O)O)C(=O)O)[C@@H](O)[C@H](F)n1cnc2c(N)nc(Cl)nc21. The van der Waals surface area contributed by atoms with E-state index < -0.39 is 55.0 Å². The highest BCUT2D eigenvalue weighted by atomic mass is 35.5. The maximum Gasteiger partial charge on any atom is 0.348 e. The van der Waals surface area contributed by atoms with Gasteiger partial charge in [-0.15, -0.1) is 0 Å². The predicted molar refractivity (Wildman–Crippen MR) is 97.9 cm³/mol. The Bertz CT molecular complexity index is 989. The van der Waals surface area contributed by atoms with E-state index in [-0.39, 0.29) is 22.3 Å². The normalized spacial score (nSPS) is 14.8. The van der Waals surface area contributed by atoms with Crippen molar-refractivity contribution in [2.75, 3.05) is 19.5 Å². The lowest BCUT2D eigenvalue weighted by Gasteiger charge is -2.29. The van der Waals surface area contributed by atoms with E-state index >= 15 is 4.39 Å². The number of imidazole rings is 1. The number of carbonyl (C=O) groups is 3. The molecule has 0 saturated carbocycles.